The van der Waals surface area contributed by atoms with E-state index < -0.39 is 11.2 Å². The van der Waals surface area contributed by atoms with Gasteiger partial charge in [0, 0.05) is 36.8 Å². The Balaban J connectivity index is 1.55. The molecule has 1 aromatic carbocycles. The summed E-state index contributed by atoms with van der Waals surface area (Å²) < 4.78 is 7.05. The molecule has 1 N–H and O–H groups in total. The molecule has 8 heteroatoms. The van der Waals surface area contributed by atoms with Crippen LogP contribution < -0.4 is 11.2 Å². The molecule has 0 unspecified atom stereocenters. The third-order valence-electron chi connectivity index (χ3n) is 5.42. The van der Waals surface area contributed by atoms with Gasteiger partial charge in [-0.2, -0.15) is 0 Å². The number of fused-ring (bicyclic) bond motifs is 2. The van der Waals surface area contributed by atoms with Gasteiger partial charge in [-0.05, 0) is 37.1 Å². The molecule has 3 aromatic heterocycles. The number of nitrogens with zero attached hydrogens (tertiary/aromatic N) is 3. The third kappa shape index (κ3) is 3.99. The summed E-state index contributed by atoms with van der Waals surface area (Å²) in [6, 6.07) is 9.39. The lowest BCUT2D eigenvalue weighted by Gasteiger charge is -2.13. The van der Waals surface area contributed by atoms with Crippen molar-refractivity contribution in [3.05, 3.63) is 80.3 Å². The molecule has 4 aromatic rings. The number of H-pyrrole nitrogens is 1. The number of amides is 1. The number of carbonyl (C=O) groups excluding carboxylic acids is 1. The van der Waals surface area contributed by atoms with Crippen LogP contribution in [0.5, 0.6) is 0 Å². The summed E-state index contributed by atoms with van der Waals surface area (Å²) >= 11 is 0. The first-order valence-electron chi connectivity index (χ1n) is 10.4. The van der Waals surface area contributed by atoms with Crippen LogP contribution in [0.3, 0.4) is 0 Å². The van der Waals surface area contributed by atoms with Gasteiger partial charge in [0.05, 0.1) is 11.9 Å². The van der Waals surface area contributed by atoms with Gasteiger partial charge in [0.25, 0.3) is 5.56 Å². The van der Waals surface area contributed by atoms with Gasteiger partial charge in [0.1, 0.15) is 17.0 Å². The van der Waals surface area contributed by atoms with Gasteiger partial charge in [-0.3, -0.25) is 19.1 Å². The standard InChI is InChI=1S/C24H24N4O4/c1-4-11-28-23(30)18-12-16(13-25-22(18)26-24(28)31)9-10-21(29)27(3)14-20-15(2)17-7-5-6-8-19(17)32-20/h5-10,12-13H,4,11,14H2,1-3H3,(H,25,26,31)/b10-9+. The van der Waals surface area contributed by atoms with Crippen molar-refractivity contribution in [1.29, 1.82) is 0 Å². The first kappa shape index (κ1) is 21.3. The molecule has 0 saturated heterocycles. The minimum absolute atomic E-state index is 0.213. The van der Waals surface area contributed by atoms with Crippen LogP contribution in [0, 0.1) is 6.92 Å². The van der Waals surface area contributed by atoms with Gasteiger partial charge >= 0.3 is 5.69 Å². The number of hydrogen-bond donors (Lipinski definition) is 1. The molecule has 0 bridgehead atoms. The molecule has 0 aliphatic rings. The van der Waals surface area contributed by atoms with E-state index in [2.05, 4.69) is 9.97 Å². The van der Waals surface area contributed by atoms with E-state index >= 15 is 0 Å². The Hall–Kier alpha value is -3.94. The van der Waals surface area contributed by atoms with Gasteiger partial charge in [0.15, 0.2) is 0 Å². The molecule has 0 radical (unpaired) electrons. The molecule has 8 nitrogen and oxygen atoms in total. The van der Waals surface area contributed by atoms with E-state index in [4.69, 9.17) is 4.42 Å². The van der Waals surface area contributed by atoms with Crippen molar-refractivity contribution < 1.29 is 9.21 Å². The highest BCUT2D eigenvalue weighted by molar-refractivity contribution is 5.92. The lowest BCUT2D eigenvalue weighted by molar-refractivity contribution is -0.125. The zero-order chi connectivity index (χ0) is 22.8. The number of para-hydroxylation sites is 1. The number of rotatable bonds is 6. The van der Waals surface area contributed by atoms with Gasteiger partial charge in [-0.15, -0.1) is 0 Å². The van der Waals surface area contributed by atoms with Crippen LogP contribution in [0.2, 0.25) is 0 Å². The summed E-state index contributed by atoms with van der Waals surface area (Å²) in [4.78, 5) is 45.7. The molecular formula is C24H24N4O4. The lowest BCUT2D eigenvalue weighted by Crippen LogP contribution is -2.35. The Kier molecular flexibility index (Phi) is 5.77. The topological polar surface area (TPSA) is 101 Å². The SMILES string of the molecule is CCCn1c(=O)[nH]c2ncc(/C=C/C(=O)N(C)Cc3oc4ccccc4c3C)cc2c1=O. The van der Waals surface area contributed by atoms with E-state index in [0.717, 1.165) is 26.9 Å². The Labute approximate surface area is 183 Å². The van der Waals surface area contributed by atoms with Crippen molar-refractivity contribution in [3.8, 4) is 0 Å². The quantitative estimate of drug-likeness (QED) is 0.472. The maximum Gasteiger partial charge on any atom is 0.329 e. The fourth-order valence-corrected chi connectivity index (χ4v) is 3.63. The van der Waals surface area contributed by atoms with Gasteiger partial charge in [0.2, 0.25) is 5.91 Å². The lowest BCUT2D eigenvalue weighted by atomic mass is 10.1. The van der Waals surface area contributed by atoms with Crippen LogP contribution >= 0.6 is 0 Å². The summed E-state index contributed by atoms with van der Waals surface area (Å²) in [6.07, 6.45) is 5.20. The van der Waals surface area contributed by atoms with Crippen LogP contribution in [-0.2, 0) is 17.9 Å². The number of pyridine rings is 1. The van der Waals surface area contributed by atoms with E-state index in [1.54, 1.807) is 24.1 Å². The van der Waals surface area contributed by atoms with Crippen molar-refractivity contribution in [1.82, 2.24) is 19.4 Å². The van der Waals surface area contributed by atoms with Gasteiger partial charge in [-0.25, -0.2) is 9.78 Å². The molecule has 0 atom stereocenters. The smallest absolute Gasteiger partial charge is 0.329 e. The predicted octanol–water partition coefficient (Wildman–Crippen LogP) is 3.22. The van der Waals surface area contributed by atoms with Crippen molar-refractivity contribution in [2.75, 3.05) is 7.05 Å². The largest absolute Gasteiger partial charge is 0.459 e. The van der Waals surface area contributed by atoms with E-state index in [1.807, 2.05) is 38.1 Å². The predicted molar refractivity (Wildman–Crippen MR) is 123 cm³/mol. The zero-order valence-electron chi connectivity index (χ0n) is 18.2. The number of hydrogen-bond acceptors (Lipinski definition) is 5. The van der Waals surface area contributed by atoms with Crippen LogP contribution in [0.15, 0.2) is 56.6 Å². The molecule has 0 aliphatic heterocycles. The van der Waals surface area contributed by atoms with E-state index in [-0.39, 0.29) is 11.6 Å². The minimum atomic E-state index is -0.474. The molecule has 1 amide bonds. The first-order valence-corrected chi connectivity index (χ1v) is 10.4. The molecule has 4 rings (SSSR count). The monoisotopic (exact) mass is 432 g/mol. The average molecular weight is 432 g/mol. The van der Waals surface area contributed by atoms with E-state index in [1.165, 1.54) is 12.3 Å². The van der Waals surface area contributed by atoms with Crippen molar-refractivity contribution in [2.24, 2.45) is 0 Å². The van der Waals surface area contributed by atoms with E-state index in [0.29, 0.717) is 30.5 Å². The highest BCUT2D eigenvalue weighted by Crippen LogP contribution is 2.25. The second kappa shape index (κ2) is 8.66. The van der Waals surface area contributed by atoms with Crippen LogP contribution in [0.25, 0.3) is 28.1 Å². The Morgan fingerprint density at radius 3 is 2.78 bits per heavy atom. The highest BCUT2D eigenvalue weighted by Gasteiger charge is 2.14. The number of carbonyl (C=O) groups is 1. The van der Waals surface area contributed by atoms with Gasteiger partial charge < -0.3 is 9.32 Å². The number of furan rings is 1. The van der Waals surface area contributed by atoms with Crippen LogP contribution in [0.4, 0.5) is 0 Å². The molecule has 0 spiro atoms. The molecule has 3 heterocycles. The maximum absolute atomic E-state index is 12.6. The zero-order valence-corrected chi connectivity index (χ0v) is 18.2. The molecule has 0 aliphatic carbocycles. The molecule has 0 saturated carbocycles. The van der Waals surface area contributed by atoms with Crippen LogP contribution in [0.1, 0.15) is 30.2 Å². The number of nitrogens with one attached hydrogen (secondary N) is 1. The Bertz CT molecular complexity index is 1460. The van der Waals surface area contributed by atoms with Gasteiger partial charge in [-0.1, -0.05) is 25.1 Å². The number of benzene rings is 1. The average Bonchev–Trinajstić information content (AvgIpc) is 3.10. The highest BCUT2D eigenvalue weighted by atomic mass is 16.3. The second-order valence-electron chi connectivity index (χ2n) is 7.73. The third-order valence-corrected chi connectivity index (χ3v) is 5.42. The van der Waals surface area contributed by atoms with Crippen molar-refractivity contribution in [2.45, 2.75) is 33.4 Å². The molecule has 164 valence electrons. The Morgan fingerprint density at radius 2 is 2.03 bits per heavy atom. The molecule has 32 heavy (non-hydrogen) atoms. The maximum atomic E-state index is 12.6. The normalized spacial score (nSPS) is 11.6. The fraction of sp³-hybridized carbons (Fsp3) is 0.250. The summed E-state index contributed by atoms with van der Waals surface area (Å²) in [5.74, 6) is 0.526. The number of aryl methyl sites for hydroxylation is 1. The van der Waals surface area contributed by atoms with Crippen LogP contribution in [-0.4, -0.2) is 32.4 Å². The number of likely N-dealkylation sites (N-methyl/N-ethyl adjacent to an activating group) is 1. The summed E-state index contributed by atoms with van der Waals surface area (Å²) in [6.45, 7) is 4.53. The minimum Gasteiger partial charge on any atom is -0.459 e. The summed E-state index contributed by atoms with van der Waals surface area (Å²) in [5, 5.41) is 1.34. The van der Waals surface area contributed by atoms with Crippen molar-refractivity contribution >= 4 is 34.0 Å². The Morgan fingerprint density at radius 1 is 1.25 bits per heavy atom. The first-order chi connectivity index (χ1) is 15.4. The summed E-state index contributed by atoms with van der Waals surface area (Å²) in [5.41, 5.74) is 1.76. The fourth-order valence-electron chi connectivity index (χ4n) is 3.63. The molecule has 0 fully saturated rings. The number of aromatic amines is 1. The summed E-state index contributed by atoms with van der Waals surface area (Å²) in [7, 11) is 1.70. The van der Waals surface area contributed by atoms with E-state index in [9.17, 15) is 14.4 Å². The second-order valence-corrected chi connectivity index (χ2v) is 7.73. The molecular weight excluding hydrogens is 408 g/mol. The van der Waals surface area contributed by atoms with Crippen molar-refractivity contribution in [3.63, 3.8) is 0 Å². The number of aromatic nitrogens is 3.